The van der Waals surface area contributed by atoms with Gasteiger partial charge in [0.05, 0.1) is 18.6 Å². The van der Waals surface area contributed by atoms with Gasteiger partial charge in [0.25, 0.3) is 11.8 Å². The van der Waals surface area contributed by atoms with Crippen molar-refractivity contribution in [3.63, 3.8) is 0 Å². The predicted molar refractivity (Wildman–Crippen MR) is 170 cm³/mol. The molecule has 2 aromatic rings. The first-order chi connectivity index (χ1) is 20.8. The fraction of sp³-hybridized carbons (Fsp3) is 0.545. The van der Waals surface area contributed by atoms with Crippen molar-refractivity contribution in [2.24, 2.45) is 5.92 Å². The fourth-order valence-corrected chi connectivity index (χ4v) is 7.45. The van der Waals surface area contributed by atoms with Gasteiger partial charge in [0, 0.05) is 41.0 Å². The number of rotatable bonds is 13. The Balaban J connectivity index is 0.00000529. The van der Waals surface area contributed by atoms with Crippen LogP contribution in [0.5, 0.6) is 0 Å². The molecule has 0 unspecified atom stereocenters. The maximum atomic E-state index is 13.6. The zero-order chi connectivity index (χ0) is 30.8. The molecule has 1 heterocycles. The van der Waals surface area contributed by atoms with E-state index < -0.39 is 34.8 Å². The summed E-state index contributed by atoms with van der Waals surface area (Å²) in [6.07, 6.45) is 8.02. The summed E-state index contributed by atoms with van der Waals surface area (Å²) in [5.41, 5.74) is 3.69. The number of carbonyl (C=O) groups excluding carboxylic acids is 3. The molecule has 2 amide bonds. The third kappa shape index (κ3) is 10.2. The molecule has 0 aromatic heterocycles. The van der Waals surface area contributed by atoms with Crippen LogP contribution in [0, 0.1) is 12.8 Å². The van der Waals surface area contributed by atoms with Crippen LogP contribution >= 0.6 is 11.8 Å². The number of nitrogens with zero attached hydrogens (tertiary/aromatic N) is 1. The number of nitrogens with one attached hydrogen (secondary N) is 1. The van der Waals surface area contributed by atoms with Crippen LogP contribution in [-0.2, 0) is 31.7 Å². The molecule has 234 valence electrons. The average Bonchev–Trinajstić information content (AvgIpc) is 3.01. The summed E-state index contributed by atoms with van der Waals surface area (Å²) < 4.78 is 18.3. The SMILES string of the molecule is CSCC[C@H](NC(=O)c1ccc(CO[C@@H](CC2CCCCC2)C(=O)N2CCS(=O)CC2)cc1-c1ccccc1C)C(=O)[O-].[Li+]. The molecule has 1 aliphatic carbocycles. The van der Waals surface area contributed by atoms with Crippen molar-refractivity contribution in [3.8, 4) is 11.1 Å². The van der Waals surface area contributed by atoms with Gasteiger partial charge in [-0.1, -0.05) is 62.4 Å². The minimum Gasteiger partial charge on any atom is -0.548 e. The smallest absolute Gasteiger partial charge is 0.548 e. The molecule has 2 aliphatic rings. The van der Waals surface area contributed by atoms with Gasteiger partial charge in [-0.15, -0.1) is 0 Å². The number of aliphatic carboxylic acids is 1. The summed E-state index contributed by atoms with van der Waals surface area (Å²) in [6.45, 7) is 3.13. The molecule has 2 aromatic carbocycles. The van der Waals surface area contributed by atoms with Gasteiger partial charge in [0.15, 0.2) is 0 Å². The van der Waals surface area contributed by atoms with Gasteiger partial charge in [0.2, 0.25) is 0 Å². The van der Waals surface area contributed by atoms with Gasteiger partial charge in [-0.3, -0.25) is 13.8 Å². The minimum atomic E-state index is -1.31. The van der Waals surface area contributed by atoms with Gasteiger partial charge in [-0.25, -0.2) is 0 Å². The standard InChI is InChI=1S/C33H44N2O6S2.Li/c1-23-8-6-7-11-26(23)28-20-25(12-13-27(28)31(36)34-29(33(38)39)14-17-42-2)22-41-30(21-24-9-4-3-5-10-24)32(37)35-15-18-43(40)19-16-35;/h6-8,11-13,20,24,29-30H,3-5,9-10,14-19,21-22H2,1-2H3,(H,34,36)(H,38,39);/q;+1/p-1/t29-,30-;/m0./s1. The summed E-state index contributed by atoms with van der Waals surface area (Å²) in [6, 6.07) is 12.1. The number of carboxylic acids is 1. The van der Waals surface area contributed by atoms with Crippen LogP contribution in [-0.4, -0.2) is 75.6 Å². The van der Waals surface area contributed by atoms with Crippen LogP contribution in [0.15, 0.2) is 42.5 Å². The predicted octanol–water partition coefficient (Wildman–Crippen LogP) is 0.714. The monoisotopic (exact) mass is 634 g/mol. The van der Waals surface area contributed by atoms with Crippen LogP contribution in [0.2, 0.25) is 0 Å². The minimum absolute atomic E-state index is 0. The Morgan fingerprint density at radius 1 is 1.07 bits per heavy atom. The maximum absolute atomic E-state index is 13.6. The Labute approximate surface area is 280 Å². The van der Waals surface area contributed by atoms with E-state index in [2.05, 4.69) is 5.32 Å². The first-order valence-corrected chi connectivity index (χ1v) is 18.1. The third-order valence-corrected chi connectivity index (χ3v) is 10.4. The molecule has 0 bridgehead atoms. The van der Waals surface area contributed by atoms with Crippen LogP contribution in [0.4, 0.5) is 0 Å². The van der Waals surface area contributed by atoms with E-state index in [1.54, 1.807) is 17.0 Å². The van der Waals surface area contributed by atoms with E-state index in [9.17, 15) is 23.7 Å². The summed E-state index contributed by atoms with van der Waals surface area (Å²) in [7, 11) is -0.873. The molecule has 44 heavy (non-hydrogen) atoms. The number of aryl methyl sites for hydroxylation is 1. The number of ether oxygens (including phenoxy) is 1. The number of carboxylic acid groups (broad SMARTS) is 1. The second-order valence-electron chi connectivity index (χ2n) is 11.5. The average molecular weight is 635 g/mol. The Hall–Kier alpha value is -2.09. The van der Waals surface area contributed by atoms with Gasteiger partial charge in [-0.2, -0.15) is 11.8 Å². The van der Waals surface area contributed by atoms with E-state index in [0.29, 0.717) is 53.8 Å². The molecular formula is C33H43LiN2O6S2. The van der Waals surface area contributed by atoms with Crippen molar-refractivity contribution in [2.75, 3.05) is 36.6 Å². The van der Waals surface area contributed by atoms with Gasteiger partial charge in [0.1, 0.15) is 6.10 Å². The molecule has 4 rings (SSSR count). The molecular weight excluding hydrogens is 591 g/mol. The quantitative estimate of drug-likeness (QED) is 0.323. The first kappa shape index (κ1) is 36.4. The molecule has 1 saturated carbocycles. The van der Waals surface area contributed by atoms with Crippen LogP contribution in [0.25, 0.3) is 11.1 Å². The topological polar surface area (TPSA) is 116 Å². The van der Waals surface area contributed by atoms with Crippen LogP contribution < -0.4 is 29.3 Å². The fourth-order valence-electron chi connectivity index (χ4n) is 5.92. The van der Waals surface area contributed by atoms with Crippen molar-refractivity contribution in [1.82, 2.24) is 10.2 Å². The van der Waals surface area contributed by atoms with Gasteiger partial charge >= 0.3 is 18.9 Å². The second-order valence-corrected chi connectivity index (χ2v) is 14.2. The Kier molecular flexibility index (Phi) is 15.0. The second kappa shape index (κ2) is 18.2. The Morgan fingerprint density at radius 3 is 2.43 bits per heavy atom. The number of amides is 2. The zero-order valence-corrected chi connectivity index (χ0v) is 27.8. The van der Waals surface area contributed by atoms with Crippen LogP contribution in [0.1, 0.15) is 66.4 Å². The van der Waals surface area contributed by atoms with E-state index in [4.69, 9.17) is 4.74 Å². The zero-order valence-electron chi connectivity index (χ0n) is 26.2. The summed E-state index contributed by atoms with van der Waals surface area (Å²) in [5, 5.41) is 14.4. The third-order valence-electron chi connectivity index (χ3n) is 8.45. The molecule has 1 N–H and O–H groups in total. The maximum Gasteiger partial charge on any atom is 1.00 e. The Morgan fingerprint density at radius 2 is 1.77 bits per heavy atom. The molecule has 0 spiro atoms. The Bertz CT molecular complexity index is 1290. The van der Waals surface area contributed by atoms with Gasteiger partial charge < -0.3 is 24.9 Å². The van der Waals surface area contributed by atoms with Crippen molar-refractivity contribution >= 4 is 40.3 Å². The molecule has 0 radical (unpaired) electrons. The van der Waals surface area contributed by atoms with Crippen LogP contribution in [0.3, 0.4) is 0 Å². The van der Waals surface area contributed by atoms with E-state index in [0.717, 1.165) is 29.5 Å². The number of hydrogen-bond donors (Lipinski definition) is 1. The normalized spacial score (nSPS) is 17.4. The molecule has 1 saturated heterocycles. The molecule has 2 atom stereocenters. The number of hydrogen-bond acceptors (Lipinski definition) is 7. The molecule has 11 heteroatoms. The van der Waals surface area contributed by atoms with E-state index >= 15 is 0 Å². The van der Waals surface area contributed by atoms with E-state index in [-0.39, 0.29) is 37.8 Å². The van der Waals surface area contributed by atoms with Crippen molar-refractivity contribution < 1.29 is 47.3 Å². The summed E-state index contributed by atoms with van der Waals surface area (Å²) in [5.74, 6) is 0.208. The van der Waals surface area contributed by atoms with E-state index in [1.165, 1.54) is 31.0 Å². The largest absolute Gasteiger partial charge is 1.00 e. The molecule has 8 nitrogen and oxygen atoms in total. The van der Waals surface area contributed by atoms with Crippen molar-refractivity contribution in [1.29, 1.82) is 0 Å². The van der Waals surface area contributed by atoms with E-state index in [1.807, 2.05) is 43.5 Å². The van der Waals surface area contributed by atoms with Crippen molar-refractivity contribution in [2.45, 2.75) is 70.6 Å². The van der Waals surface area contributed by atoms with Crippen molar-refractivity contribution in [3.05, 3.63) is 59.2 Å². The summed E-state index contributed by atoms with van der Waals surface area (Å²) >= 11 is 1.51. The number of benzene rings is 2. The molecule has 2 fully saturated rings. The summed E-state index contributed by atoms with van der Waals surface area (Å²) in [4.78, 5) is 40.5. The van der Waals surface area contributed by atoms with Gasteiger partial charge in [-0.05, 0) is 72.1 Å². The first-order valence-electron chi connectivity index (χ1n) is 15.2. The number of carbonyl (C=O) groups is 3. The molecule has 1 aliphatic heterocycles. The number of thioether (sulfide) groups is 1.